The summed E-state index contributed by atoms with van der Waals surface area (Å²) in [6.07, 6.45) is 1.46. The summed E-state index contributed by atoms with van der Waals surface area (Å²) in [7, 11) is 1.52. The fourth-order valence-corrected chi connectivity index (χ4v) is 1.11. The molecule has 1 aromatic rings. The molecule has 1 rings (SSSR count). The molecule has 2 N–H and O–H groups in total. The second kappa shape index (κ2) is 5.63. The van der Waals surface area contributed by atoms with Crippen LogP contribution in [0.25, 0.3) is 0 Å². The van der Waals surface area contributed by atoms with Gasteiger partial charge in [0, 0.05) is 30.8 Å². The molecule has 0 aromatic carbocycles. The Bertz CT molecular complexity index is 374. The molecule has 5 nitrogen and oxygen atoms in total. The zero-order valence-electron chi connectivity index (χ0n) is 10.4. The minimum Gasteiger partial charge on any atom is -0.481 e. The summed E-state index contributed by atoms with van der Waals surface area (Å²) >= 11 is 0. The topological polar surface area (TPSA) is 71.5 Å². The average molecular weight is 238 g/mol. The molecule has 0 bridgehead atoms. The number of aliphatic hydroxyl groups is 1. The zero-order valence-corrected chi connectivity index (χ0v) is 10.4. The Balaban J connectivity index is 2.58. The quantitative estimate of drug-likeness (QED) is 0.797. The molecule has 94 valence electrons. The number of hydrogen-bond acceptors (Lipinski definition) is 4. The van der Waals surface area contributed by atoms with E-state index in [0.29, 0.717) is 18.0 Å². The van der Waals surface area contributed by atoms with E-state index in [1.54, 1.807) is 12.1 Å². The van der Waals surface area contributed by atoms with E-state index < -0.39 is 0 Å². The molecular formula is C12H18N2O3. The van der Waals surface area contributed by atoms with Crippen molar-refractivity contribution in [2.75, 3.05) is 20.3 Å². The van der Waals surface area contributed by atoms with Crippen LogP contribution in [0.3, 0.4) is 0 Å². The molecule has 0 radical (unpaired) electrons. The third kappa shape index (κ3) is 4.03. The lowest BCUT2D eigenvalue weighted by Gasteiger charge is -2.21. The molecule has 0 fully saturated rings. The van der Waals surface area contributed by atoms with Crippen molar-refractivity contribution in [1.82, 2.24) is 10.3 Å². The van der Waals surface area contributed by atoms with Crippen molar-refractivity contribution in [1.29, 1.82) is 0 Å². The average Bonchev–Trinajstić information content (AvgIpc) is 2.36. The van der Waals surface area contributed by atoms with E-state index in [-0.39, 0.29) is 17.9 Å². The van der Waals surface area contributed by atoms with Crippen LogP contribution in [-0.2, 0) is 0 Å². The number of aliphatic hydroxyl groups excluding tert-OH is 1. The SMILES string of the molecule is COc1ccc(C(=O)NCC(C)(C)CO)cn1. The van der Waals surface area contributed by atoms with Crippen LogP contribution in [-0.4, -0.2) is 36.3 Å². The predicted octanol–water partition coefficient (Wildman–Crippen LogP) is 0.838. The van der Waals surface area contributed by atoms with Crippen LogP contribution >= 0.6 is 0 Å². The minimum atomic E-state index is -0.324. The fourth-order valence-electron chi connectivity index (χ4n) is 1.11. The van der Waals surface area contributed by atoms with Crippen molar-refractivity contribution in [2.24, 2.45) is 5.41 Å². The second-order valence-corrected chi connectivity index (χ2v) is 4.59. The van der Waals surface area contributed by atoms with Gasteiger partial charge in [0.25, 0.3) is 5.91 Å². The molecule has 0 spiro atoms. The van der Waals surface area contributed by atoms with E-state index in [4.69, 9.17) is 9.84 Å². The summed E-state index contributed by atoms with van der Waals surface area (Å²) in [4.78, 5) is 15.7. The molecule has 0 unspecified atom stereocenters. The van der Waals surface area contributed by atoms with Crippen LogP contribution in [0.15, 0.2) is 18.3 Å². The van der Waals surface area contributed by atoms with Gasteiger partial charge in [-0.3, -0.25) is 4.79 Å². The standard InChI is InChI=1S/C12H18N2O3/c1-12(2,8-15)7-14-11(16)9-4-5-10(17-3)13-6-9/h4-6,15H,7-8H2,1-3H3,(H,14,16). The molecule has 0 aliphatic carbocycles. The van der Waals surface area contributed by atoms with Gasteiger partial charge in [0.15, 0.2) is 0 Å². The van der Waals surface area contributed by atoms with Crippen molar-refractivity contribution in [3.05, 3.63) is 23.9 Å². The Kier molecular flexibility index (Phi) is 4.45. The number of nitrogens with one attached hydrogen (secondary N) is 1. The number of ether oxygens (including phenoxy) is 1. The predicted molar refractivity (Wildman–Crippen MR) is 64.0 cm³/mol. The van der Waals surface area contributed by atoms with Gasteiger partial charge >= 0.3 is 0 Å². The van der Waals surface area contributed by atoms with Gasteiger partial charge in [0.2, 0.25) is 5.88 Å². The maximum Gasteiger partial charge on any atom is 0.252 e. The first-order valence-electron chi connectivity index (χ1n) is 5.37. The van der Waals surface area contributed by atoms with Crippen molar-refractivity contribution >= 4 is 5.91 Å². The highest BCUT2D eigenvalue weighted by Gasteiger charge is 2.18. The van der Waals surface area contributed by atoms with E-state index in [0.717, 1.165) is 0 Å². The second-order valence-electron chi connectivity index (χ2n) is 4.59. The van der Waals surface area contributed by atoms with Gasteiger partial charge in [-0.05, 0) is 6.07 Å². The molecule has 1 aromatic heterocycles. The molecule has 1 heterocycles. The van der Waals surface area contributed by atoms with Crippen LogP contribution < -0.4 is 10.1 Å². The van der Waals surface area contributed by atoms with Crippen molar-refractivity contribution in [2.45, 2.75) is 13.8 Å². The molecular weight excluding hydrogens is 220 g/mol. The van der Waals surface area contributed by atoms with E-state index in [9.17, 15) is 4.79 Å². The van der Waals surface area contributed by atoms with Crippen LogP contribution in [0.1, 0.15) is 24.2 Å². The monoisotopic (exact) mass is 238 g/mol. The number of hydrogen-bond donors (Lipinski definition) is 2. The summed E-state index contributed by atoms with van der Waals surface area (Å²) in [6.45, 7) is 4.18. The summed E-state index contributed by atoms with van der Waals surface area (Å²) in [6, 6.07) is 3.28. The number of carbonyl (C=O) groups excluding carboxylic acids is 1. The van der Waals surface area contributed by atoms with Crippen molar-refractivity contribution in [3.63, 3.8) is 0 Å². The van der Waals surface area contributed by atoms with Gasteiger partial charge in [0.05, 0.1) is 12.7 Å². The maximum absolute atomic E-state index is 11.7. The first kappa shape index (κ1) is 13.4. The van der Waals surface area contributed by atoms with Crippen LogP contribution in [0.4, 0.5) is 0 Å². The Morgan fingerprint density at radius 1 is 1.53 bits per heavy atom. The summed E-state index contributed by atoms with van der Waals surface area (Å²) in [5, 5.41) is 11.8. The van der Waals surface area contributed by atoms with Gasteiger partial charge in [-0.25, -0.2) is 4.98 Å². The molecule has 0 saturated carbocycles. The Morgan fingerprint density at radius 3 is 2.71 bits per heavy atom. The van der Waals surface area contributed by atoms with Crippen molar-refractivity contribution < 1.29 is 14.6 Å². The van der Waals surface area contributed by atoms with Gasteiger partial charge in [0.1, 0.15) is 0 Å². The maximum atomic E-state index is 11.7. The summed E-state index contributed by atoms with van der Waals surface area (Å²) in [5.41, 5.74) is 0.148. The number of aromatic nitrogens is 1. The van der Waals surface area contributed by atoms with Gasteiger partial charge < -0.3 is 15.2 Å². The highest BCUT2D eigenvalue weighted by Crippen LogP contribution is 2.12. The largest absolute Gasteiger partial charge is 0.481 e. The molecule has 0 aliphatic heterocycles. The van der Waals surface area contributed by atoms with Crippen LogP contribution in [0, 0.1) is 5.41 Å². The smallest absolute Gasteiger partial charge is 0.252 e. The number of methoxy groups -OCH3 is 1. The molecule has 1 amide bonds. The number of carbonyl (C=O) groups is 1. The first-order chi connectivity index (χ1) is 7.98. The fraction of sp³-hybridized carbons (Fsp3) is 0.500. The Morgan fingerprint density at radius 2 is 2.24 bits per heavy atom. The lowest BCUT2D eigenvalue weighted by atomic mass is 9.95. The summed E-state index contributed by atoms with van der Waals surface area (Å²) in [5.74, 6) is 0.263. The highest BCUT2D eigenvalue weighted by molar-refractivity contribution is 5.93. The Hall–Kier alpha value is -1.62. The molecule has 0 saturated heterocycles. The normalized spacial score (nSPS) is 11.1. The van der Waals surface area contributed by atoms with E-state index in [1.165, 1.54) is 13.3 Å². The summed E-state index contributed by atoms with van der Waals surface area (Å²) < 4.78 is 4.90. The molecule has 0 aliphatic rings. The van der Waals surface area contributed by atoms with E-state index in [1.807, 2.05) is 13.8 Å². The third-order valence-electron chi connectivity index (χ3n) is 2.36. The first-order valence-corrected chi connectivity index (χ1v) is 5.37. The molecule has 0 atom stereocenters. The lowest BCUT2D eigenvalue weighted by molar-refractivity contribution is 0.0910. The van der Waals surface area contributed by atoms with Crippen LogP contribution in [0.2, 0.25) is 0 Å². The number of nitrogens with zero attached hydrogens (tertiary/aromatic N) is 1. The highest BCUT2D eigenvalue weighted by atomic mass is 16.5. The van der Waals surface area contributed by atoms with Gasteiger partial charge in [-0.2, -0.15) is 0 Å². The van der Waals surface area contributed by atoms with Gasteiger partial charge in [-0.15, -0.1) is 0 Å². The van der Waals surface area contributed by atoms with E-state index >= 15 is 0 Å². The lowest BCUT2D eigenvalue weighted by Crippen LogP contribution is -2.36. The zero-order chi connectivity index (χ0) is 12.9. The minimum absolute atomic E-state index is 0.0220. The number of rotatable bonds is 5. The third-order valence-corrected chi connectivity index (χ3v) is 2.36. The van der Waals surface area contributed by atoms with Gasteiger partial charge in [-0.1, -0.05) is 13.8 Å². The van der Waals surface area contributed by atoms with Crippen molar-refractivity contribution in [3.8, 4) is 5.88 Å². The number of amides is 1. The van der Waals surface area contributed by atoms with Crippen LogP contribution in [0.5, 0.6) is 5.88 Å². The molecule has 5 heteroatoms. The molecule has 17 heavy (non-hydrogen) atoms. The number of pyridine rings is 1. The Labute approximate surface area is 101 Å². The van der Waals surface area contributed by atoms with E-state index in [2.05, 4.69) is 10.3 Å².